The van der Waals surface area contributed by atoms with Gasteiger partial charge in [-0.3, -0.25) is 0 Å². The SMILES string of the molecule is CC(C)C1CC(CN)(c2ccc(Cl)cc2Cl)C1. The third-order valence-electron chi connectivity index (χ3n) is 4.14. The van der Waals surface area contributed by atoms with Gasteiger partial charge in [0, 0.05) is 22.0 Å². The van der Waals surface area contributed by atoms with Crippen molar-refractivity contribution in [3.05, 3.63) is 33.8 Å². The average molecular weight is 272 g/mol. The molecule has 17 heavy (non-hydrogen) atoms. The van der Waals surface area contributed by atoms with E-state index >= 15 is 0 Å². The summed E-state index contributed by atoms with van der Waals surface area (Å²) in [4.78, 5) is 0. The van der Waals surface area contributed by atoms with Crippen LogP contribution >= 0.6 is 23.2 Å². The molecule has 1 nitrogen and oxygen atoms in total. The van der Waals surface area contributed by atoms with E-state index in [9.17, 15) is 0 Å². The zero-order valence-electron chi connectivity index (χ0n) is 10.3. The Bertz CT molecular complexity index is 409. The summed E-state index contributed by atoms with van der Waals surface area (Å²) in [5.41, 5.74) is 7.23. The largest absolute Gasteiger partial charge is 0.330 e. The molecule has 1 aromatic rings. The highest BCUT2D eigenvalue weighted by Crippen LogP contribution is 2.51. The average Bonchev–Trinajstić information content (AvgIpc) is 2.19. The maximum absolute atomic E-state index is 6.29. The van der Waals surface area contributed by atoms with Crippen molar-refractivity contribution in [3.63, 3.8) is 0 Å². The number of halogens is 2. The van der Waals surface area contributed by atoms with Crippen molar-refractivity contribution in [1.29, 1.82) is 0 Å². The molecular weight excluding hydrogens is 253 g/mol. The highest BCUT2D eigenvalue weighted by molar-refractivity contribution is 6.35. The second kappa shape index (κ2) is 4.79. The highest BCUT2D eigenvalue weighted by atomic mass is 35.5. The van der Waals surface area contributed by atoms with E-state index in [1.165, 1.54) is 5.56 Å². The number of benzene rings is 1. The van der Waals surface area contributed by atoms with E-state index in [1.54, 1.807) is 0 Å². The van der Waals surface area contributed by atoms with Crippen molar-refractivity contribution in [2.75, 3.05) is 6.54 Å². The van der Waals surface area contributed by atoms with Crippen LogP contribution in [0.5, 0.6) is 0 Å². The Hall–Kier alpha value is -0.240. The smallest absolute Gasteiger partial charge is 0.0458 e. The van der Waals surface area contributed by atoms with Gasteiger partial charge in [-0.25, -0.2) is 0 Å². The van der Waals surface area contributed by atoms with Gasteiger partial charge >= 0.3 is 0 Å². The third kappa shape index (κ3) is 2.33. The van der Waals surface area contributed by atoms with Gasteiger partial charge in [-0.2, -0.15) is 0 Å². The molecule has 0 radical (unpaired) electrons. The second-order valence-electron chi connectivity index (χ2n) is 5.52. The predicted octanol–water partition coefficient (Wildman–Crippen LogP) is 4.26. The van der Waals surface area contributed by atoms with E-state index in [2.05, 4.69) is 13.8 Å². The van der Waals surface area contributed by atoms with Crippen molar-refractivity contribution in [1.82, 2.24) is 0 Å². The van der Waals surface area contributed by atoms with Crippen LogP contribution in [0.2, 0.25) is 10.0 Å². The van der Waals surface area contributed by atoms with Crippen LogP contribution in [0.4, 0.5) is 0 Å². The maximum Gasteiger partial charge on any atom is 0.0458 e. The maximum atomic E-state index is 6.29. The summed E-state index contributed by atoms with van der Waals surface area (Å²) in [6.45, 7) is 5.21. The van der Waals surface area contributed by atoms with E-state index in [-0.39, 0.29) is 5.41 Å². The minimum absolute atomic E-state index is 0.0800. The monoisotopic (exact) mass is 271 g/mol. The zero-order valence-corrected chi connectivity index (χ0v) is 11.9. The van der Waals surface area contributed by atoms with Crippen LogP contribution in [0.15, 0.2) is 18.2 Å². The van der Waals surface area contributed by atoms with Crippen LogP contribution in [0.1, 0.15) is 32.3 Å². The lowest BCUT2D eigenvalue weighted by atomic mass is 9.56. The van der Waals surface area contributed by atoms with Crippen LogP contribution in [-0.4, -0.2) is 6.54 Å². The van der Waals surface area contributed by atoms with Crippen molar-refractivity contribution in [3.8, 4) is 0 Å². The molecule has 1 aliphatic carbocycles. The first kappa shape index (κ1) is 13.2. The Morgan fingerprint density at radius 2 is 2.00 bits per heavy atom. The normalized spacial score (nSPS) is 28.2. The molecule has 0 aliphatic heterocycles. The minimum atomic E-state index is 0.0800. The summed E-state index contributed by atoms with van der Waals surface area (Å²) >= 11 is 12.2. The van der Waals surface area contributed by atoms with Crippen molar-refractivity contribution in [2.24, 2.45) is 17.6 Å². The fourth-order valence-corrected chi connectivity index (χ4v) is 3.44. The molecule has 0 aromatic heterocycles. The van der Waals surface area contributed by atoms with Gasteiger partial charge in [0.25, 0.3) is 0 Å². The predicted molar refractivity (Wildman–Crippen MR) is 74.8 cm³/mol. The van der Waals surface area contributed by atoms with Crippen LogP contribution in [0, 0.1) is 11.8 Å². The molecular formula is C14H19Cl2N. The molecule has 2 rings (SSSR count). The van der Waals surface area contributed by atoms with Gasteiger partial charge in [0.1, 0.15) is 0 Å². The first-order chi connectivity index (χ1) is 7.98. The van der Waals surface area contributed by atoms with Gasteiger partial charge < -0.3 is 5.73 Å². The molecule has 2 N–H and O–H groups in total. The summed E-state index contributed by atoms with van der Waals surface area (Å²) in [6.07, 6.45) is 2.28. The summed E-state index contributed by atoms with van der Waals surface area (Å²) in [7, 11) is 0. The van der Waals surface area contributed by atoms with E-state index in [4.69, 9.17) is 28.9 Å². The van der Waals surface area contributed by atoms with Gasteiger partial charge in [-0.15, -0.1) is 0 Å². The molecule has 0 amide bonds. The van der Waals surface area contributed by atoms with Gasteiger partial charge in [0.15, 0.2) is 0 Å². The molecule has 0 bridgehead atoms. The van der Waals surface area contributed by atoms with Crippen LogP contribution < -0.4 is 5.73 Å². The second-order valence-corrected chi connectivity index (χ2v) is 6.36. The third-order valence-corrected chi connectivity index (χ3v) is 4.69. The Morgan fingerprint density at radius 3 is 2.47 bits per heavy atom. The first-order valence-electron chi connectivity index (χ1n) is 6.14. The number of nitrogens with two attached hydrogens (primary N) is 1. The lowest BCUT2D eigenvalue weighted by Crippen LogP contribution is -2.48. The Morgan fingerprint density at radius 1 is 1.35 bits per heavy atom. The number of hydrogen-bond donors (Lipinski definition) is 1. The summed E-state index contributed by atoms with van der Waals surface area (Å²) < 4.78 is 0. The molecule has 0 atom stereocenters. The molecule has 1 aromatic carbocycles. The Balaban J connectivity index is 2.26. The number of hydrogen-bond acceptors (Lipinski definition) is 1. The standard InChI is InChI=1S/C14H19Cl2N/c1-9(2)10-6-14(7-10,8-17)12-4-3-11(15)5-13(12)16/h3-5,9-10H,6-8,17H2,1-2H3. The quantitative estimate of drug-likeness (QED) is 0.874. The van der Waals surface area contributed by atoms with Crippen LogP contribution in [0.25, 0.3) is 0 Å². The lowest BCUT2D eigenvalue weighted by molar-refractivity contribution is 0.106. The first-order valence-corrected chi connectivity index (χ1v) is 6.90. The minimum Gasteiger partial charge on any atom is -0.330 e. The van der Waals surface area contributed by atoms with E-state index < -0.39 is 0 Å². The molecule has 1 aliphatic rings. The molecule has 1 saturated carbocycles. The van der Waals surface area contributed by atoms with E-state index in [0.29, 0.717) is 11.6 Å². The Labute approximate surface area is 113 Å². The lowest BCUT2D eigenvalue weighted by Gasteiger charge is -2.50. The zero-order chi connectivity index (χ0) is 12.6. The molecule has 1 fully saturated rings. The molecule has 0 unspecified atom stereocenters. The van der Waals surface area contributed by atoms with Gasteiger partial charge in [-0.1, -0.05) is 43.1 Å². The molecule has 0 saturated heterocycles. The summed E-state index contributed by atoms with van der Waals surface area (Å²) in [6, 6.07) is 5.76. The van der Waals surface area contributed by atoms with Crippen LogP contribution in [0.3, 0.4) is 0 Å². The molecule has 3 heteroatoms. The molecule has 0 heterocycles. The van der Waals surface area contributed by atoms with Crippen molar-refractivity contribution < 1.29 is 0 Å². The van der Waals surface area contributed by atoms with E-state index in [0.717, 1.165) is 29.7 Å². The van der Waals surface area contributed by atoms with Crippen LogP contribution in [-0.2, 0) is 5.41 Å². The Kier molecular flexibility index (Phi) is 3.72. The van der Waals surface area contributed by atoms with Gasteiger partial charge in [-0.05, 0) is 42.4 Å². The number of rotatable bonds is 3. The molecule has 94 valence electrons. The molecule has 0 spiro atoms. The van der Waals surface area contributed by atoms with Gasteiger partial charge in [0.05, 0.1) is 0 Å². The summed E-state index contributed by atoms with van der Waals surface area (Å²) in [5, 5.41) is 1.44. The fourth-order valence-electron chi connectivity index (χ4n) is 2.83. The van der Waals surface area contributed by atoms with Crippen molar-refractivity contribution in [2.45, 2.75) is 32.1 Å². The highest BCUT2D eigenvalue weighted by Gasteiger charge is 2.46. The van der Waals surface area contributed by atoms with Gasteiger partial charge in [0.2, 0.25) is 0 Å². The topological polar surface area (TPSA) is 26.0 Å². The fraction of sp³-hybridized carbons (Fsp3) is 0.571. The van der Waals surface area contributed by atoms with E-state index in [1.807, 2.05) is 18.2 Å². The van der Waals surface area contributed by atoms with Crippen molar-refractivity contribution >= 4 is 23.2 Å². The summed E-state index contributed by atoms with van der Waals surface area (Å²) in [5.74, 6) is 1.49.